The second-order valence-electron chi connectivity index (χ2n) is 8.72. The normalized spacial score (nSPS) is 24.6. The van der Waals surface area contributed by atoms with E-state index in [4.69, 9.17) is 9.47 Å². The van der Waals surface area contributed by atoms with Crippen LogP contribution in [0.15, 0.2) is 36.4 Å². The molecular formula is C24H30ClFN2O5. The van der Waals surface area contributed by atoms with Gasteiger partial charge in [0.2, 0.25) is 5.91 Å². The Morgan fingerprint density at radius 1 is 1.15 bits per heavy atom. The van der Waals surface area contributed by atoms with Crippen molar-refractivity contribution in [2.24, 2.45) is 0 Å². The van der Waals surface area contributed by atoms with Crippen LogP contribution in [0.4, 0.5) is 10.1 Å². The molecule has 1 saturated heterocycles. The van der Waals surface area contributed by atoms with E-state index in [1.54, 1.807) is 26.2 Å². The predicted molar refractivity (Wildman–Crippen MR) is 125 cm³/mol. The standard InChI is InChI=1S/C24H29FN2O5.ClH/c1-23(29)14-26-12-11-24(23,30)15-32-20-9-8-19(25)22-18(20)7-10-21(28)27(22)13-16-3-5-17(31-2)6-4-16;/h3-6,8-9,26,29-30H,7,10-15H2,1-2H3;1H. The third-order valence-electron chi connectivity index (χ3n) is 6.50. The SMILES string of the molecule is COc1ccc(CN2C(=O)CCc3c(OCC4(O)CCNCC4(C)O)ccc(F)c32)cc1.Cl. The molecule has 0 aromatic heterocycles. The van der Waals surface area contributed by atoms with Crippen LogP contribution in [-0.4, -0.2) is 54.1 Å². The number of methoxy groups -OCH3 is 1. The molecule has 1 fully saturated rings. The van der Waals surface area contributed by atoms with Gasteiger partial charge in [-0.15, -0.1) is 12.4 Å². The van der Waals surface area contributed by atoms with E-state index in [-0.39, 0.29) is 50.1 Å². The summed E-state index contributed by atoms with van der Waals surface area (Å²) in [6, 6.07) is 10.1. The zero-order valence-electron chi connectivity index (χ0n) is 18.8. The summed E-state index contributed by atoms with van der Waals surface area (Å²) in [5, 5.41) is 24.7. The van der Waals surface area contributed by atoms with E-state index in [1.165, 1.54) is 17.0 Å². The van der Waals surface area contributed by atoms with E-state index < -0.39 is 17.0 Å². The molecule has 0 bridgehead atoms. The van der Waals surface area contributed by atoms with E-state index >= 15 is 0 Å². The van der Waals surface area contributed by atoms with Crippen molar-refractivity contribution in [3.8, 4) is 11.5 Å². The van der Waals surface area contributed by atoms with Crippen LogP contribution in [-0.2, 0) is 17.8 Å². The lowest BCUT2D eigenvalue weighted by Crippen LogP contribution is -2.65. The van der Waals surface area contributed by atoms with Gasteiger partial charge in [0.05, 0.1) is 19.3 Å². The summed E-state index contributed by atoms with van der Waals surface area (Å²) in [6.07, 6.45) is 0.900. The van der Waals surface area contributed by atoms with E-state index in [0.29, 0.717) is 36.4 Å². The highest BCUT2D eigenvalue weighted by Gasteiger charge is 2.48. The smallest absolute Gasteiger partial charge is 0.227 e. The number of fused-ring (bicyclic) bond motifs is 1. The van der Waals surface area contributed by atoms with Crippen LogP contribution in [0, 0.1) is 5.82 Å². The van der Waals surface area contributed by atoms with Gasteiger partial charge in [-0.25, -0.2) is 4.39 Å². The van der Waals surface area contributed by atoms with Gasteiger partial charge in [-0.3, -0.25) is 4.79 Å². The third kappa shape index (κ3) is 4.94. The van der Waals surface area contributed by atoms with Crippen molar-refractivity contribution in [2.75, 3.05) is 31.7 Å². The lowest BCUT2D eigenvalue weighted by molar-refractivity contribution is -0.171. The topological polar surface area (TPSA) is 91.3 Å². The summed E-state index contributed by atoms with van der Waals surface area (Å²) in [6.45, 7) is 2.46. The van der Waals surface area contributed by atoms with Crippen molar-refractivity contribution in [1.82, 2.24) is 5.32 Å². The van der Waals surface area contributed by atoms with Crippen molar-refractivity contribution in [2.45, 2.75) is 43.9 Å². The van der Waals surface area contributed by atoms with Crippen molar-refractivity contribution < 1.29 is 28.9 Å². The Morgan fingerprint density at radius 2 is 1.88 bits per heavy atom. The van der Waals surface area contributed by atoms with Crippen LogP contribution < -0.4 is 19.7 Å². The molecule has 2 aromatic rings. The number of carbonyl (C=O) groups excluding carboxylic acids is 1. The monoisotopic (exact) mass is 480 g/mol. The molecule has 2 unspecified atom stereocenters. The van der Waals surface area contributed by atoms with Gasteiger partial charge in [0, 0.05) is 18.5 Å². The third-order valence-corrected chi connectivity index (χ3v) is 6.50. The number of ether oxygens (including phenoxy) is 2. The van der Waals surface area contributed by atoms with Gasteiger partial charge in [0.15, 0.2) is 0 Å². The molecule has 0 saturated carbocycles. The number of nitrogens with one attached hydrogen (secondary N) is 1. The molecular weight excluding hydrogens is 451 g/mol. The molecule has 180 valence electrons. The Labute approximate surface area is 198 Å². The number of hydrogen-bond donors (Lipinski definition) is 3. The molecule has 3 N–H and O–H groups in total. The number of amides is 1. The first-order chi connectivity index (χ1) is 15.2. The van der Waals surface area contributed by atoms with Crippen LogP contribution in [0.2, 0.25) is 0 Å². The molecule has 0 spiro atoms. The number of anilines is 1. The van der Waals surface area contributed by atoms with E-state index in [9.17, 15) is 19.4 Å². The lowest BCUT2D eigenvalue weighted by Gasteiger charge is -2.44. The van der Waals surface area contributed by atoms with Crippen molar-refractivity contribution >= 4 is 24.0 Å². The zero-order chi connectivity index (χ0) is 22.9. The molecule has 2 heterocycles. The fourth-order valence-corrected chi connectivity index (χ4v) is 4.32. The molecule has 2 atom stereocenters. The van der Waals surface area contributed by atoms with Crippen LogP contribution in [0.5, 0.6) is 11.5 Å². The number of halogens is 2. The van der Waals surface area contributed by atoms with E-state index in [0.717, 1.165) is 5.56 Å². The van der Waals surface area contributed by atoms with Gasteiger partial charge in [-0.1, -0.05) is 12.1 Å². The highest BCUT2D eigenvalue weighted by Crippen LogP contribution is 2.39. The summed E-state index contributed by atoms with van der Waals surface area (Å²) in [5.74, 6) is 0.454. The average Bonchev–Trinajstić information content (AvgIpc) is 2.78. The minimum atomic E-state index is -1.44. The zero-order valence-corrected chi connectivity index (χ0v) is 19.6. The number of rotatable bonds is 6. The molecule has 2 aliphatic rings. The second kappa shape index (κ2) is 9.85. The van der Waals surface area contributed by atoms with Gasteiger partial charge >= 0.3 is 0 Å². The van der Waals surface area contributed by atoms with Gasteiger partial charge in [0.1, 0.15) is 35.1 Å². The molecule has 0 radical (unpaired) electrons. The minimum Gasteiger partial charge on any atom is -0.497 e. The maximum atomic E-state index is 14.9. The van der Waals surface area contributed by atoms with Gasteiger partial charge < -0.3 is 29.9 Å². The quantitative estimate of drug-likeness (QED) is 0.588. The summed E-state index contributed by atoms with van der Waals surface area (Å²) < 4.78 is 26.0. The second-order valence-corrected chi connectivity index (χ2v) is 8.72. The number of aliphatic hydroxyl groups is 2. The Bertz CT molecular complexity index is 1000. The number of β-amino-alcohol motifs (C(OH)–C–C–N with tert-alkyl or cyclic N) is 1. The summed E-state index contributed by atoms with van der Waals surface area (Å²) in [5.41, 5.74) is -1.15. The molecule has 33 heavy (non-hydrogen) atoms. The molecule has 4 rings (SSSR count). The van der Waals surface area contributed by atoms with Crippen LogP contribution in [0.1, 0.15) is 30.9 Å². The largest absolute Gasteiger partial charge is 0.497 e. The molecule has 2 aromatic carbocycles. The number of nitrogens with zero attached hydrogens (tertiary/aromatic N) is 1. The van der Waals surface area contributed by atoms with E-state index in [1.807, 2.05) is 12.1 Å². The lowest BCUT2D eigenvalue weighted by atomic mass is 9.79. The van der Waals surface area contributed by atoms with Crippen LogP contribution in [0.25, 0.3) is 0 Å². The highest BCUT2D eigenvalue weighted by atomic mass is 35.5. The fourth-order valence-electron chi connectivity index (χ4n) is 4.32. The van der Waals surface area contributed by atoms with Crippen LogP contribution >= 0.6 is 12.4 Å². The highest BCUT2D eigenvalue weighted by molar-refractivity contribution is 5.97. The average molecular weight is 481 g/mol. The molecule has 1 amide bonds. The molecule has 0 aliphatic carbocycles. The van der Waals surface area contributed by atoms with Gasteiger partial charge in [0.25, 0.3) is 0 Å². The first kappa shape index (κ1) is 25.2. The molecule has 7 nitrogen and oxygen atoms in total. The summed E-state index contributed by atoms with van der Waals surface area (Å²) in [7, 11) is 1.58. The number of hydrogen-bond acceptors (Lipinski definition) is 6. The maximum absolute atomic E-state index is 14.9. The minimum absolute atomic E-state index is 0. The summed E-state index contributed by atoms with van der Waals surface area (Å²) in [4.78, 5) is 14.1. The van der Waals surface area contributed by atoms with Crippen LogP contribution in [0.3, 0.4) is 0 Å². The molecule has 2 aliphatic heterocycles. The number of benzene rings is 2. The predicted octanol–water partition coefficient (Wildman–Crippen LogP) is 2.59. The van der Waals surface area contributed by atoms with Crippen molar-refractivity contribution in [3.05, 3.63) is 53.3 Å². The summed E-state index contributed by atoms with van der Waals surface area (Å²) >= 11 is 0. The Morgan fingerprint density at radius 3 is 2.55 bits per heavy atom. The Hall–Kier alpha value is -2.39. The van der Waals surface area contributed by atoms with Crippen molar-refractivity contribution in [3.63, 3.8) is 0 Å². The molecule has 9 heteroatoms. The van der Waals surface area contributed by atoms with Crippen molar-refractivity contribution in [1.29, 1.82) is 0 Å². The first-order valence-electron chi connectivity index (χ1n) is 10.8. The fraction of sp³-hybridized carbons (Fsp3) is 0.458. The number of carbonyl (C=O) groups is 1. The number of piperidine rings is 1. The van der Waals surface area contributed by atoms with Gasteiger partial charge in [-0.05, 0) is 56.1 Å². The van der Waals surface area contributed by atoms with E-state index in [2.05, 4.69) is 5.32 Å². The van der Waals surface area contributed by atoms with Gasteiger partial charge in [-0.2, -0.15) is 0 Å². The first-order valence-corrected chi connectivity index (χ1v) is 10.8. The maximum Gasteiger partial charge on any atom is 0.227 e. The Balaban J connectivity index is 0.00000306. The Kier molecular flexibility index (Phi) is 7.53.